The standard InChI is InChI=1S/C7H16O5Si/c1-4-10-13(7(8)9,11-5-2)12-6-3/h4-6H2,1-3H3,(H,8,9). The minimum atomic E-state index is -3.46. The third kappa shape index (κ3) is 3.43. The minimum absolute atomic E-state index is 0.276. The van der Waals surface area contributed by atoms with Crippen LogP contribution in [0.2, 0.25) is 0 Å². The molecule has 0 saturated carbocycles. The summed E-state index contributed by atoms with van der Waals surface area (Å²) in [6.07, 6.45) is 0. The highest BCUT2D eigenvalue weighted by Crippen LogP contribution is 2.10. The third-order valence-electron chi connectivity index (χ3n) is 1.27. The zero-order valence-corrected chi connectivity index (χ0v) is 9.20. The second-order valence-corrected chi connectivity index (χ2v) is 4.57. The normalized spacial score (nSPS) is 11.6. The van der Waals surface area contributed by atoms with E-state index < -0.39 is 14.4 Å². The molecule has 78 valence electrons. The molecule has 0 aliphatic rings. The molecule has 0 amide bonds. The summed E-state index contributed by atoms with van der Waals surface area (Å²) in [6, 6.07) is 0. The van der Waals surface area contributed by atoms with Crippen LogP contribution in [-0.2, 0) is 13.3 Å². The Morgan fingerprint density at radius 1 is 1.08 bits per heavy atom. The molecule has 0 unspecified atom stereocenters. The van der Waals surface area contributed by atoms with Gasteiger partial charge in [-0.15, -0.1) is 0 Å². The van der Waals surface area contributed by atoms with Crippen molar-refractivity contribution in [3.63, 3.8) is 0 Å². The number of rotatable bonds is 7. The molecule has 6 heteroatoms. The average Bonchev–Trinajstić information content (AvgIpc) is 2.05. The fraction of sp³-hybridized carbons (Fsp3) is 0.857. The Kier molecular flexibility index (Phi) is 5.88. The Hall–Kier alpha value is -0.433. The average molecular weight is 208 g/mol. The van der Waals surface area contributed by atoms with Crippen molar-refractivity contribution in [1.29, 1.82) is 0 Å². The summed E-state index contributed by atoms with van der Waals surface area (Å²) in [7, 11) is -3.46. The first-order chi connectivity index (χ1) is 6.13. The summed E-state index contributed by atoms with van der Waals surface area (Å²) in [5.74, 6) is 0. The molecule has 1 N–H and O–H groups in total. The van der Waals surface area contributed by atoms with Gasteiger partial charge in [-0.3, -0.25) is 0 Å². The fourth-order valence-corrected chi connectivity index (χ4v) is 2.64. The van der Waals surface area contributed by atoms with E-state index in [1.165, 1.54) is 0 Å². The summed E-state index contributed by atoms with van der Waals surface area (Å²) in [6.45, 7) is 5.96. The molecule has 0 atom stereocenters. The van der Waals surface area contributed by atoms with Gasteiger partial charge in [0.1, 0.15) is 0 Å². The maximum absolute atomic E-state index is 10.9. The monoisotopic (exact) mass is 208 g/mol. The van der Waals surface area contributed by atoms with Gasteiger partial charge in [0.2, 0.25) is 0 Å². The van der Waals surface area contributed by atoms with E-state index in [0.29, 0.717) is 0 Å². The molecule has 0 aliphatic carbocycles. The van der Waals surface area contributed by atoms with Gasteiger partial charge >= 0.3 is 14.4 Å². The Bertz CT molecular complexity index is 144. The van der Waals surface area contributed by atoms with Crippen LogP contribution in [0.4, 0.5) is 4.79 Å². The SMILES string of the molecule is CCO[Si](OCC)(OCC)C(=O)O. The third-order valence-corrected chi connectivity index (χ3v) is 3.80. The van der Waals surface area contributed by atoms with E-state index >= 15 is 0 Å². The molecular formula is C7H16O5Si. The highest BCUT2D eigenvalue weighted by Gasteiger charge is 2.50. The molecule has 0 aliphatic heterocycles. The first-order valence-electron chi connectivity index (χ1n) is 4.28. The van der Waals surface area contributed by atoms with Gasteiger partial charge in [0.05, 0.1) is 0 Å². The predicted molar refractivity (Wildman–Crippen MR) is 48.7 cm³/mol. The van der Waals surface area contributed by atoms with Gasteiger partial charge in [0.25, 0.3) is 0 Å². The van der Waals surface area contributed by atoms with E-state index in [-0.39, 0.29) is 19.8 Å². The van der Waals surface area contributed by atoms with Crippen molar-refractivity contribution in [3.8, 4) is 0 Å². The first kappa shape index (κ1) is 12.6. The quantitative estimate of drug-likeness (QED) is 0.639. The Morgan fingerprint density at radius 2 is 1.38 bits per heavy atom. The largest absolute Gasteiger partial charge is 0.621 e. The van der Waals surface area contributed by atoms with E-state index in [2.05, 4.69) is 0 Å². The van der Waals surface area contributed by atoms with Crippen molar-refractivity contribution < 1.29 is 23.2 Å². The van der Waals surface area contributed by atoms with Crippen molar-refractivity contribution in [1.82, 2.24) is 0 Å². The molecule has 0 heterocycles. The van der Waals surface area contributed by atoms with E-state index in [4.69, 9.17) is 18.4 Å². The van der Waals surface area contributed by atoms with Crippen LogP contribution in [-0.4, -0.2) is 39.3 Å². The Balaban J connectivity index is 4.48. The lowest BCUT2D eigenvalue weighted by Crippen LogP contribution is -2.53. The molecule has 0 fully saturated rings. The van der Waals surface area contributed by atoms with Gasteiger partial charge in [-0.1, -0.05) is 0 Å². The maximum Gasteiger partial charge on any atom is 0.621 e. The summed E-state index contributed by atoms with van der Waals surface area (Å²) in [4.78, 5) is 10.9. The van der Waals surface area contributed by atoms with Gasteiger partial charge in [0, 0.05) is 19.8 Å². The lowest BCUT2D eigenvalue weighted by atomic mass is 10.9. The van der Waals surface area contributed by atoms with Crippen LogP contribution in [0.3, 0.4) is 0 Å². The molecule has 0 aromatic heterocycles. The lowest BCUT2D eigenvalue weighted by Gasteiger charge is -2.23. The number of carbonyl (C=O) groups is 1. The van der Waals surface area contributed by atoms with E-state index in [1.807, 2.05) is 0 Å². The fourth-order valence-electron chi connectivity index (χ4n) is 0.880. The molecule has 0 rings (SSSR count). The van der Waals surface area contributed by atoms with Crippen LogP contribution < -0.4 is 0 Å². The van der Waals surface area contributed by atoms with Gasteiger partial charge < -0.3 is 18.4 Å². The number of hydrogen-bond acceptors (Lipinski definition) is 4. The van der Waals surface area contributed by atoms with Gasteiger partial charge in [-0.25, -0.2) is 4.79 Å². The van der Waals surface area contributed by atoms with Crippen molar-refractivity contribution in [2.45, 2.75) is 20.8 Å². The lowest BCUT2D eigenvalue weighted by molar-refractivity contribution is 0.0691. The van der Waals surface area contributed by atoms with E-state index in [9.17, 15) is 4.79 Å². The van der Waals surface area contributed by atoms with Crippen molar-refractivity contribution >= 4 is 14.4 Å². The highest BCUT2D eigenvalue weighted by atomic mass is 28.4. The summed E-state index contributed by atoms with van der Waals surface area (Å²) < 4.78 is 15.2. The summed E-state index contributed by atoms with van der Waals surface area (Å²) in [5.41, 5.74) is -1.13. The second kappa shape index (κ2) is 6.09. The zero-order chi connectivity index (χ0) is 10.3. The van der Waals surface area contributed by atoms with Crippen molar-refractivity contribution in [2.24, 2.45) is 0 Å². The smallest absolute Gasteiger partial charge is 0.479 e. The van der Waals surface area contributed by atoms with Crippen LogP contribution in [0.15, 0.2) is 0 Å². The first-order valence-corrected chi connectivity index (χ1v) is 6.00. The minimum Gasteiger partial charge on any atom is -0.479 e. The molecule has 5 nitrogen and oxygen atoms in total. The molecule has 0 aromatic rings. The van der Waals surface area contributed by atoms with Crippen molar-refractivity contribution in [3.05, 3.63) is 0 Å². The molecule has 0 saturated heterocycles. The Morgan fingerprint density at radius 3 is 1.54 bits per heavy atom. The van der Waals surface area contributed by atoms with Crippen molar-refractivity contribution in [2.75, 3.05) is 19.8 Å². The topological polar surface area (TPSA) is 65.0 Å². The van der Waals surface area contributed by atoms with Crippen LogP contribution in [0, 0.1) is 0 Å². The molecular weight excluding hydrogens is 192 g/mol. The summed E-state index contributed by atoms with van der Waals surface area (Å²) in [5, 5.41) is 8.90. The van der Waals surface area contributed by atoms with Crippen LogP contribution in [0.5, 0.6) is 0 Å². The second-order valence-electron chi connectivity index (χ2n) is 2.16. The van der Waals surface area contributed by atoms with E-state index in [1.54, 1.807) is 20.8 Å². The van der Waals surface area contributed by atoms with E-state index in [0.717, 1.165) is 0 Å². The Labute approximate surface area is 79.0 Å². The number of hydrogen-bond donors (Lipinski definition) is 1. The molecule has 0 spiro atoms. The van der Waals surface area contributed by atoms with Gasteiger partial charge in [0.15, 0.2) is 0 Å². The molecule has 0 bridgehead atoms. The molecule has 13 heavy (non-hydrogen) atoms. The number of carboxylic acid groups (broad SMARTS) is 1. The predicted octanol–water partition coefficient (Wildman–Crippen LogP) is 1.29. The summed E-state index contributed by atoms with van der Waals surface area (Å²) >= 11 is 0. The highest BCUT2D eigenvalue weighted by molar-refractivity contribution is 6.90. The zero-order valence-electron chi connectivity index (χ0n) is 8.20. The van der Waals surface area contributed by atoms with Crippen LogP contribution >= 0.6 is 0 Å². The van der Waals surface area contributed by atoms with Gasteiger partial charge in [-0.05, 0) is 20.8 Å². The molecule has 0 aromatic carbocycles. The maximum atomic E-state index is 10.9. The van der Waals surface area contributed by atoms with Crippen LogP contribution in [0.25, 0.3) is 0 Å². The van der Waals surface area contributed by atoms with Crippen LogP contribution in [0.1, 0.15) is 20.8 Å². The molecule has 0 radical (unpaired) electrons. The van der Waals surface area contributed by atoms with Gasteiger partial charge in [-0.2, -0.15) is 0 Å².